The fourth-order valence-corrected chi connectivity index (χ4v) is 3.20. The molecule has 2 aromatic carbocycles. The molecule has 0 aliphatic carbocycles. The predicted molar refractivity (Wildman–Crippen MR) is 94.6 cm³/mol. The Morgan fingerprint density at radius 3 is 2.77 bits per heavy atom. The number of carbonyl (C=O) groups is 1. The molecule has 2 heterocycles. The number of hydrogen-bond acceptors (Lipinski definition) is 5. The van der Waals surface area contributed by atoms with E-state index in [0.717, 1.165) is 16.9 Å². The molecule has 2 atom stereocenters. The van der Waals surface area contributed by atoms with Crippen LogP contribution in [0.1, 0.15) is 29.0 Å². The van der Waals surface area contributed by atoms with E-state index in [9.17, 15) is 4.79 Å². The standard InChI is InChI=1S/C19H19N5O2/c1-13-21-22-23-24(13)17(11-14-7-3-2-4-8-14)19(25)20-16-12-26-18-10-6-5-9-15(16)18/h2-10,16-17H,11-12H2,1H3,(H,20,25)/t16-,17+/m0/s1. The van der Waals surface area contributed by atoms with Crippen molar-refractivity contribution in [2.75, 3.05) is 6.61 Å². The molecule has 26 heavy (non-hydrogen) atoms. The molecule has 1 aromatic heterocycles. The van der Waals surface area contributed by atoms with Gasteiger partial charge in [-0.15, -0.1) is 5.10 Å². The van der Waals surface area contributed by atoms with Crippen molar-refractivity contribution in [1.82, 2.24) is 25.5 Å². The van der Waals surface area contributed by atoms with Gasteiger partial charge in [0, 0.05) is 12.0 Å². The molecule has 7 nitrogen and oxygen atoms in total. The molecular weight excluding hydrogens is 330 g/mol. The van der Waals surface area contributed by atoms with E-state index >= 15 is 0 Å². The molecule has 0 saturated heterocycles. The summed E-state index contributed by atoms with van der Waals surface area (Å²) in [4.78, 5) is 13.1. The zero-order valence-electron chi connectivity index (χ0n) is 14.4. The Labute approximate surface area is 151 Å². The maximum Gasteiger partial charge on any atom is 0.245 e. The highest BCUT2D eigenvalue weighted by atomic mass is 16.5. The van der Waals surface area contributed by atoms with Crippen LogP contribution in [0.25, 0.3) is 0 Å². The van der Waals surface area contributed by atoms with Crippen molar-refractivity contribution in [2.24, 2.45) is 0 Å². The summed E-state index contributed by atoms with van der Waals surface area (Å²) in [6.45, 7) is 2.22. The van der Waals surface area contributed by atoms with E-state index in [4.69, 9.17) is 4.74 Å². The first-order valence-corrected chi connectivity index (χ1v) is 8.53. The highest BCUT2D eigenvalue weighted by molar-refractivity contribution is 5.81. The third-order valence-electron chi connectivity index (χ3n) is 4.54. The number of aryl methyl sites for hydroxylation is 1. The van der Waals surface area contributed by atoms with Crippen LogP contribution in [0.5, 0.6) is 5.75 Å². The number of tetrazole rings is 1. The fourth-order valence-electron chi connectivity index (χ4n) is 3.20. The van der Waals surface area contributed by atoms with E-state index in [2.05, 4.69) is 20.8 Å². The van der Waals surface area contributed by atoms with Gasteiger partial charge in [0.15, 0.2) is 0 Å². The van der Waals surface area contributed by atoms with Gasteiger partial charge in [0.25, 0.3) is 0 Å². The lowest BCUT2D eigenvalue weighted by Crippen LogP contribution is -2.37. The fraction of sp³-hybridized carbons (Fsp3) is 0.263. The highest BCUT2D eigenvalue weighted by Gasteiger charge is 2.30. The summed E-state index contributed by atoms with van der Waals surface area (Å²) in [6, 6.07) is 16.9. The second-order valence-corrected chi connectivity index (χ2v) is 6.29. The molecule has 1 aliphatic heterocycles. The number of nitrogens with zero attached hydrogens (tertiary/aromatic N) is 4. The van der Waals surface area contributed by atoms with Gasteiger partial charge in [-0.2, -0.15) is 0 Å². The average Bonchev–Trinajstić information content (AvgIpc) is 3.27. The minimum absolute atomic E-state index is 0.130. The topological polar surface area (TPSA) is 81.9 Å². The quantitative estimate of drug-likeness (QED) is 0.762. The molecule has 4 rings (SSSR count). The van der Waals surface area contributed by atoms with Gasteiger partial charge in [-0.1, -0.05) is 48.5 Å². The number of nitrogens with one attached hydrogen (secondary N) is 1. The molecule has 0 radical (unpaired) electrons. The van der Waals surface area contributed by atoms with Crippen molar-refractivity contribution < 1.29 is 9.53 Å². The van der Waals surface area contributed by atoms with Crippen molar-refractivity contribution in [3.05, 3.63) is 71.5 Å². The van der Waals surface area contributed by atoms with Crippen molar-refractivity contribution in [1.29, 1.82) is 0 Å². The Bertz CT molecular complexity index is 909. The summed E-state index contributed by atoms with van der Waals surface area (Å²) >= 11 is 0. The van der Waals surface area contributed by atoms with E-state index in [0.29, 0.717) is 18.9 Å². The summed E-state index contributed by atoms with van der Waals surface area (Å²) in [5.74, 6) is 1.29. The number of hydrogen-bond donors (Lipinski definition) is 1. The molecule has 0 fully saturated rings. The van der Waals surface area contributed by atoms with E-state index in [-0.39, 0.29) is 11.9 Å². The average molecular weight is 349 g/mol. The van der Waals surface area contributed by atoms with Crippen LogP contribution in [0.15, 0.2) is 54.6 Å². The van der Waals surface area contributed by atoms with Crippen molar-refractivity contribution in [3.63, 3.8) is 0 Å². The SMILES string of the molecule is Cc1nnnn1[C@H](Cc1ccccc1)C(=O)N[C@H]1COc2ccccc21. The van der Waals surface area contributed by atoms with Gasteiger partial charge in [0.05, 0.1) is 6.04 Å². The van der Waals surface area contributed by atoms with Crippen LogP contribution in [0.4, 0.5) is 0 Å². The zero-order valence-corrected chi connectivity index (χ0v) is 14.4. The van der Waals surface area contributed by atoms with E-state index < -0.39 is 6.04 Å². The van der Waals surface area contributed by atoms with Crippen LogP contribution in [-0.2, 0) is 11.2 Å². The molecule has 0 bridgehead atoms. The van der Waals surface area contributed by atoms with Gasteiger partial charge >= 0.3 is 0 Å². The molecule has 0 spiro atoms. The van der Waals surface area contributed by atoms with Crippen LogP contribution < -0.4 is 10.1 Å². The predicted octanol–water partition coefficient (Wildman–Crippen LogP) is 2.02. The number of carbonyl (C=O) groups excluding carboxylic acids is 1. The van der Waals surface area contributed by atoms with Crippen molar-refractivity contribution in [2.45, 2.75) is 25.4 Å². The van der Waals surface area contributed by atoms with Gasteiger partial charge in [-0.05, 0) is 29.0 Å². The van der Waals surface area contributed by atoms with Crippen molar-refractivity contribution in [3.8, 4) is 5.75 Å². The molecule has 0 saturated carbocycles. The largest absolute Gasteiger partial charge is 0.491 e. The Balaban J connectivity index is 1.58. The number of ether oxygens (including phenoxy) is 1. The number of rotatable bonds is 5. The number of aromatic nitrogens is 4. The molecule has 132 valence electrons. The monoisotopic (exact) mass is 349 g/mol. The Kier molecular flexibility index (Phi) is 4.35. The molecule has 7 heteroatoms. The lowest BCUT2D eigenvalue weighted by molar-refractivity contribution is -0.125. The molecule has 1 amide bonds. The number of amides is 1. The van der Waals surface area contributed by atoms with Crippen molar-refractivity contribution >= 4 is 5.91 Å². The second-order valence-electron chi connectivity index (χ2n) is 6.29. The summed E-state index contributed by atoms with van der Waals surface area (Å²) in [5.41, 5.74) is 2.04. The number of benzene rings is 2. The maximum atomic E-state index is 13.1. The zero-order chi connectivity index (χ0) is 17.9. The van der Waals surface area contributed by atoms with E-state index in [1.807, 2.05) is 54.6 Å². The van der Waals surface area contributed by atoms with E-state index in [1.165, 1.54) is 0 Å². The molecule has 1 N–H and O–H groups in total. The molecule has 1 aliphatic rings. The van der Waals surface area contributed by atoms with Crippen LogP contribution >= 0.6 is 0 Å². The lowest BCUT2D eigenvalue weighted by Gasteiger charge is -2.20. The molecule has 0 unspecified atom stereocenters. The lowest BCUT2D eigenvalue weighted by atomic mass is 10.0. The van der Waals surface area contributed by atoms with Gasteiger partial charge in [-0.3, -0.25) is 4.79 Å². The number of para-hydroxylation sites is 1. The Hall–Kier alpha value is -3.22. The summed E-state index contributed by atoms with van der Waals surface area (Å²) in [6.07, 6.45) is 0.508. The molecular formula is C19H19N5O2. The smallest absolute Gasteiger partial charge is 0.245 e. The van der Waals surface area contributed by atoms with Crippen LogP contribution in [0, 0.1) is 6.92 Å². The van der Waals surface area contributed by atoms with Gasteiger partial charge in [0.1, 0.15) is 24.2 Å². The number of fused-ring (bicyclic) bond motifs is 1. The second kappa shape index (κ2) is 6.95. The third kappa shape index (κ3) is 3.15. The first kappa shape index (κ1) is 16.3. The minimum atomic E-state index is -0.528. The minimum Gasteiger partial charge on any atom is -0.491 e. The van der Waals surface area contributed by atoms with Gasteiger partial charge < -0.3 is 10.1 Å². The summed E-state index contributed by atoms with van der Waals surface area (Å²) in [5, 5.41) is 14.7. The van der Waals surface area contributed by atoms with Gasteiger partial charge in [0.2, 0.25) is 5.91 Å². The Morgan fingerprint density at radius 2 is 2.00 bits per heavy atom. The maximum absolute atomic E-state index is 13.1. The van der Waals surface area contributed by atoms with Crippen LogP contribution in [0.2, 0.25) is 0 Å². The highest BCUT2D eigenvalue weighted by Crippen LogP contribution is 2.32. The first-order valence-electron chi connectivity index (χ1n) is 8.53. The van der Waals surface area contributed by atoms with Crippen LogP contribution in [-0.4, -0.2) is 32.7 Å². The normalized spacial score (nSPS) is 16.6. The summed E-state index contributed by atoms with van der Waals surface area (Å²) in [7, 11) is 0. The third-order valence-corrected chi connectivity index (χ3v) is 4.54. The molecule has 3 aromatic rings. The first-order chi connectivity index (χ1) is 12.7. The van der Waals surface area contributed by atoms with Gasteiger partial charge in [-0.25, -0.2) is 4.68 Å². The Morgan fingerprint density at radius 1 is 1.23 bits per heavy atom. The summed E-state index contributed by atoms with van der Waals surface area (Å²) < 4.78 is 7.24. The van der Waals surface area contributed by atoms with E-state index in [1.54, 1.807) is 11.6 Å². The van der Waals surface area contributed by atoms with Crippen LogP contribution in [0.3, 0.4) is 0 Å².